The Balaban J connectivity index is 3.18. The van der Waals surface area contributed by atoms with Crippen LogP contribution >= 0.6 is 11.6 Å². The van der Waals surface area contributed by atoms with E-state index in [0.29, 0.717) is 5.69 Å². The van der Waals surface area contributed by atoms with E-state index in [0.717, 1.165) is 6.08 Å². The lowest BCUT2D eigenvalue weighted by atomic mass is 10.2. The lowest BCUT2D eigenvalue weighted by Crippen LogP contribution is -1.92. The summed E-state index contributed by atoms with van der Waals surface area (Å²) in [4.78, 5) is 7.43. The molecule has 0 radical (unpaired) electrons. The van der Waals surface area contributed by atoms with Crippen molar-refractivity contribution >= 4 is 17.4 Å². The van der Waals surface area contributed by atoms with Crippen LogP contribution in [0.25, 0.3) is 5.83 Å². The van der Waals surface area contributed by atoms with Crippen molar-refractivity contribution in [3.63, 3.8) is 0 Å². The third-order valence-electron chi connectivity index (χ3n) is 1.42. The van der Waals surface area contributed by atoms with Crippen LogP contribution in [-0.2, 0) is 0 Å². The van der Waals surface area contributed by atoms with Gasteiger partial charge in [-0.1, -0.05) is 5.92 Å². The standard InChI is InChI=1S/C9H6ClFN2/c1-3-4-8(11)7-5-12-9(10)13-6(7)2/h1,4-5H,2H3/b8-4+. The highest BCUT2D eigenvalue weighted by Gasteiger charge is 2.05. The maximum Gasteiger partial charge on any atom is 0.222 e. The predicted molar refractivity (Wildman–Crippen MR) is 49.7 cm³/mol. The minimum atomic E-state index is -0.531. The van der Waals surface area contributed by atoms with E-state index in [1.165, 1.54) is 6.20 Å². The van der Waals surface area contributed by atoms with E-state index >= 15 is 0 Å². The second-order valence-electron chi connectivity index (χ2n) is 2.30. The monoisotopic (exact) mass is 196 g/mol. The Kier molecular flexibility index (Phi) is 2.99. The van der Waals surface area contributed by atoms with Gasteiger partial charge in [-0.2, -0.15) is 0 Å². The summed E-state index contributed by atoms with van der Waals surface area (Å²) in [6, 6.07) is 0. The van der Waals surface area contributed by atoms with Gasteiger partial charge in [-0.3, -0.25) is 0 Å². The van der Waals surface area contributed by atoms with Crippen molar-refractivity contribution in [3.05, 3.63) is 28.8 Å². The molecule has 13 heavy (non-hydrogen) atoms. The van der Waals surface area contributed by atoms with Crippen molar-refractivity contribution in [2.75, 3.05) is 0 Å². The summed E-state index contributed by atoms with van der Waals surface area (Å²) in [7, 11) is 0. The third-order valence-corrected chi connectivity index (χ3v) is 1.60. The predicted octanol–water partition coefficient (Wildman–Crippen LogP) is 2.38. The average molecular weight is 197 g/mol. The van der Waals surface area contributed by atoms with E-state index in [1.54, 1.807) is 6.92 Å². The summed E-state index contributed by atoms with van der Waals surface area (Å²) in [5, 5.41) is 0.0924. The van der Waals surface area contributed by atoms with Crippen molar-refractivity contribution in [1.29, 1.82) is 0 Å². The fourth-order valence-electron chi connectivity index (χ4n) is 0.824. The highest BCUT2D eigenvalue weighted by Crippen LogP contribution is 2.18. The van der Waals surface area contributed by atoms with Crippen LogP contribution in [-0.4, -0.2) is 9.97 Å². The van der Waals surface area contributed by atoms with Gasteiger partial charge in [0, 0.05) is 12.3 Å². The number of terminal acetylenes is 1. The van der Waals surface area contributed by atoms with Gasteiger partial charge in [-0.05, 0) is 18.5 Å². The van der Waals surface area contributed by atoms with Gasteiger partial charge in [0.15, 0.2) is 0 Å². The average Bonchev–Trinajstić information content (AvgIpc) is 2.04. The largest absolute Gasteiger partial charge is 0.226 e. The second kappa shape index (κ2) is 4.01. The number of halogens is 2. The number of aromatic nitrogens is 2. The van der Waals surface area contributed by atoms with E-state index in [1.807, 2.05) is 0 Å². The quantitative estimate of drug-likeness (QED) is 0.509. The van der Waals surface area contributed by atoms with Crippen molar-refractivity contribution < 1.29 is 4.39 Å². The molecule has 0 saturated heterocycles. The summed E-state index contributed by atoms with van der Waals surface area (Å²) in [6.07, 6.45) is 7.23. The van der Waals surface area contributed by atoms with Crippen LogP contribution in [0.15, 0.2) is 12.3 Å². The molecule has 0 amide bonds. The van der Waals surface area contributed by atoms with Crippen LogP contribution in [0.1, 0.15) is 11.3 Å². The number of nitrogens with zero attached hydrogens (tertiary/aromatic N) is 2. The van der Waals surface area contributed by atoms with E-state index in [9.17, 15) is 4.39 Å². The summed E-state index contributed by atoms with van der Waals surface area (Å²) in [5.74, 6) is 1.55. The fourth-order valence-corrected chi connectivity index (χ4v) is 1.000. The van der Waals surface area contributed by atoms with Gasteiger partial charge in [-0.25, -0.2) is 14.4 Å². The highest BCUT2D eigenvalue weighted by atomic mass is 35.5. The van der Waals surface area contributed by atoms with Crippen LogP contribution in [0, 0.1) is 19.3 Å². The summed E-state index contributed by atoms with van der Waals surface area (Å²) < 4.78 is 13.1. The van der Waals surface area contributed by atoms with Crippen molar-refractivity contribution in [1.82, 2.24) is 9.97 Å². The molecule has 1 aromatic heterocycles. The molecular weight excluding hydrogens is 191 g/mol. The minimum Gasteiger partial charge on any atom is -0.226 e. The zero-order chi connectivity index (χ0) is 9.84. The molecule has 1 heterocycles. The first-order chi connectivity index (χ1) is 6.15. The van der Waals surface area contributed by atoms with Gasteiger partial charge in [0.25, 0.3) is 0 Å². The number of rotatable bonds is 1. The molecule has 0 saturated carbocycles. The highest BCUT2D eigenvalue weighted by molar-refractivity contribution is 6.28. The van der Waals surface area contributed by atoms with Crippen LogP contribution in [0.5, 0.6) is 0 Å². The van der Waals surface area contributed by atoms with Gasteiger partial charge >= 0.3 is 0 Å². The first-order valence-electron chi connectivity index (χ1n) is 3.46. The number of hydrogen-bond donors (Lipinski definition) is 0. The molecule has 0 atom stereocenters. The molecule has 0 fully saturated rings. The van der Waals surface area contributed by atoms with E-state index in [4.69, 9.17) is 18.0 Å². The zero-order valence-electron chi connectivity index (χ0n) is 6.88. The molecule has 0 spiro atoms. The molecule has 0 aromatic carbocycles. The normalized spacial score (nSPS) is 11.1. The maximum absolute atomic E-state index is 13.1. The van der Waals surface area contributed by atoms with Gasteiger partial charge in [0.05, 0.1) is 11.3 Å². The van der Waals surface area contributed by atoms with Gasteiger partial charge in [0.2, 0.25) is 5.28 Å². The number of allylic oxidation sites excluding steroid dienone is 1. The van der Waals surface area contributed by atoms with Crippen molar-refractivity contribution in [3.8, 4) is 12.3 Å². The Morgan fingerprint density at radius 3 is 3.00 bits per heavy atom. The van der Waals surface area contributed by atoms with E-state index in [-0.39, 0.29) is 10.8 Å². The van der Waals surface area contributed by atoms with Crippen LogP contribution in [0.2, 0.25) is 5.28 Å². The molecule has 1 aromatic rings. The Bertz CT molecular complexity index is 393. The molecular formula is C9H6ClFN2. The smallest absolute Gasteiger partial charge is 0.222 e. The Labute approximate surface area is 80.5 Å². The Morgan fingerprint density at radius 2 is 2.46 bits per heavy atom. The first kappa shape index (κ1) is 9.69. The molecule has 0 aliphatic carbocycles. The van der Waals surface area contributed by atoms with Crippen molar-refractivity contribution in [2.45, 2.75) is 6.92 Å². The summed E-state index contributed by atoms with van der Waals surface area (Å²) >= 11 is 5.49. The van der Waals surface area contributed by atoms with Gasteiger partial charge < -0.3 is 0 Å². The minimum absolute atomic E-state index is 0.0924. The molecule has 0 bridgehead atoms. The third kappa shape index (κ3) is 2.27. The Hall–Kier alpha value is -1.40. The maximum atomic E-state index is 13.1. The van der Waals surface area contributed by atoms with Crippen molar-refractivity contribution in [2.24, 2.45) is 0 Å². The molecule has 1 rings (SSSR count). The summed E-state index contributed by atoms with van der Waals surface area (Å²) in [6.45, 7) is 1.63. The van der Waals surface area contributed by atoms with Crippen LogP contribution in [0.3, 0.4) is 0 Å². The van der Waals surface area contributed by atoms with Gasteiger partial charge in [0.1, 0.15) is 5.83 Å². The molecule has 0 unspecified atom stereocenters. The number of aryl methyl sites for hydroxylation is 1. The molecule has 66 valence electrons. The topological polar surface area (TPSA) is 25.8 Å². The van der Waals surface area contributed by atoms with E-state index < -0.39 is 5.83 Å². The molecule has 0 aliphatic rings. The Morgan fingerprint density at radius 1 is 1.77 bits per heavy atom. The lowest BCUT2D eigenvalue weighted by Gasteiger charge is -2.00. The van der Waals surface area contributed by atoms with Crippen LogP contribution in [0.4, 0.5) is 4.39 Å². The van der Waals surface area contributed by atoms with Gasteiger partial charge in [-0.15, -0.1) is 6.42 Å². The second-order valence-corrected chi connectivity index (χ2v) is 2.64. The number of hydrogen-bond acceptors (Lipinski definition) is 2. The fraction of sp³-hybridized carbons (Fsp3) is 0.111. The SMILES string of the molecule is C#C/C=C(/F)c1cnc(Cl)nc1C. The van der Waals surface area contributed by atoms with Crippen LogP contribution < -0.4 is 0 Å². The lowest BCUT2D eigenvalue weighted by molar-refractivity contribution is 0.755. The molecule has 0 aliphatic heterocycles. The molecule has 0 N–H and O–H groups in total. The zero-order valence-corrected chi connectivity index (χ0v) is 7.64. The molecule has 2 nitrogen and oxygen atoms in total. The van der Waals surface area contributed by atoms with E-state index in [2.05, 4.69) is 15.9 Å². The first-order valence-corrected chi connectivity index (χ1v) is 3.84. The summed E-state index contributed by atoms with van der Waals surface area (Å²) in [5.41, 5.74) is 0.728. The molecule has 4 heteroatoms.